The maximum atomic E-state index is 13.2. The SMILES string of the molecule is O[C@@H](CNCCNC1CC1)c1cc(C(F)(F)F)nc2c(C(F)(F)F)cccc12. The number of pyridine rings is 1. The molecule has 4 nitrogen and oxygen atoms in total. The molecule has 0 bridgehead atoms. The number of aliphatic hydroxyl groups is 1. The molecule has 1 aromatic heterocycles. The predicted octanol–water partition coefficient (Wildman–Crippen LogP) is 3.65. The van der Waals surface area contributed by atoms with E-state index >= 15 is 0 Å². The second-order valence-corrected chi connectivity index (χ2v) is 6.74. The van der Waals surface area contributed by atoms with Crippen molar-refractivity contribution in [1.82, 2.24) is 15.6 Å². The third-order valence-corrected chi connectivity index (χ3v) is 4.48. The Labute approximate surface area is 156 Å². The molecule has 1 aliphatic rings. The Kier molecular flexibility index (Phi) is 5.83. The van der Waals surface area contributed by atoms with Gasteiger partial charge < -0.3 is 15.7 Å². The van der Waals surface area contributed by atoms with Gasteiger partial charge in [-0.3, -0.25) is 0 Å². The summed E-state index contributed by atoms with van der Waals surface area (Å²) in [6.45, 7) is 0.996. The average Bonchev–Trinajstić information content (AvgIpc) is 3.42. The lowest BCUT2D eigenvalue weighted by atomic mass is 9.99. The first-order valence-electron chi connectivity index (χ1n) is 8.77. The summed E-state index contributed by atoms with van der Waals surface area (Å²) in [7, 11) is 0. The Morgan fingerprint density at radius 2 is 1.79 bits per heavy atom. The fourth-order valence-corrected chi connectivity index (χ4v) is 2.93. The molecule has 0 spiro atoms. The fourth-order valence-electron chi connectivity index (χ4n) is 2.93. The van der Waals surface area contributed by atoms with Crippen molar-refractivity contribution in [3.63, 3.8) is 0 Å². The molecule has 0 amide bonds. The minimum absolute atomic E-state index is 0.0982. The number of nitrogens with zero attached hydrogens (tertiary/aromatic N) is 1. The first-order valence-corrected chi connectivity index (χ1v) is 8.77. The van der Waals surface area contributed by atoms with Crippen molar-refractivity contribution in [1.29, 1.82) is 0 Å². The minimum Gasteiger partial charge on any atom is -0.387 e. The van der Waals surface area contributed by atoms with Gasteiger partial charge in [0.05, 0.1) is 17.2 Å². The van der Waals surface area contributed by atoms with Gasteiger partial charge in [0.1, 0.15) is 5.69 Å². The lowest BCUT2D eigenvalue weighted by Crippen LogP contribution is -2.31. The van der Waals surface area contributed by atoms with Crippen molar-refractivity contribution < 1.29 is 31.4 Å². The van der Waals surface area contributed by atoms with Crippen LogP contribution in [0.3, 0.4) is 0 Å². The van der Waals surface area contributed by atoms with E-state index in [9.17, 15) is 31.4 Å². The van der Waals surface area contributed by atoms with Crippen molar-refractivity contribution in [3.8, 4) is 0 Å². The van der Waals surface area contributed by atoms with Crippen LogP contribution in [-0.4, -0.2) is 35.8 Å². The lowest BCUT2D eigenvalue weighted by Gasteiger charge is -2.19. The van der Waals surface area contributed by atoms with Crippen molar-refractivity contribution in [2.75, 3.05) is 19.6 Å². The van der Waals surface area contributed by atoms with E-state index in [-0.39, 0.29) is 17.5 Å². The molecule has 10 heteroatoms. The van der Waals surface area contributed by atoms with E-state index in [0.717, 1.165) is 18.9 Å². The largest absolute Gasteiger partial charge is 0.433 e. The molecule has 28 heavy (non-hydrogen) atoms. The van der Waals surface area contributed by atoms with Crippen LogP contribution in [0.4, 0.5) is 26.3 Å². The van der Waals surface area contributed by atoms with E-state index in [2.05, 4.69) is 15.6 Å². The Hall–Kier alpha value is -1.91. The fraction of sp³-hybridized carbons (Fsp3) is 0.500. The first kappa shape index (κ1) is 20.8. The maximum Gasteiger partial charge on any atom is 0.433 e. The van der Waals surface area contributed by atoms with Crippen LogP contribution >= 0.6 is 0 Å². The van der Waals surface area contributed by atoms with Crippen molar-refractivity contribution in [2.24, 2.45) is 0 Å². The standard InChI is InChI=1S/C18H19F6N3O/c19-17(20,21)13-3-1-2-11-12(8-15(18(22,23)24)27-16(11)13)14(28)9-25-6-7-26-10-4-5-10/h1-3,8,10,14,25-26,28H,4-7,9H2/t14-/m0/s1. The highest BCUT2D eigenvalue weighted by molar-refractivity contribution is 5.86. The molecule has 3 rings (SSSR count). The third kappa shape index (κ3) is 4.92. The normalized spacial score (nSPS) is 16.5. The van der Waals surface area contributed by atoms with Crippen LogP contribution in [0.15, 0.2) is 24.3 Å². The van der Waals surface area contributed by atoms with Crippen LogP contribution < -0.4 is 10.6 Å². The molecule has 0 radical (unpaired) electrons. The Morgan fingerprint density at radius 1 is 1.07 bits per heavy atom. The first-order chi connectivity index (χ1) is 13.1. The molecule has 154 valence electrons. The van der Waals surface area contributed by atoms with Gasteiger partial charge in [-0.15, -0.1) is 0 Å². The third-order valence-electron chi connectivity index (χ3n) is 4.48. The molecular weight excluding hydrogens is 388 g/mol. The molecule has 0 aliphatic heterocycles. The number of fused-ring (bicyclic) bond motifs is 1. The molecule has 1 atom stereocenters. The van der Waals surface area contributed by atoms with Crippen molar-refractivity contribution in [3.05, 3.63) is 41.1 Å². The van der Waals surface area contributed by atoms with Crippen LogP contribution in [0.2, 0.25) is 0 Å². The van der Waals surface area contributed by atoms with E-state index in [1.165, 1.54) is 6.07 Å². The number of para-hydroxylation sites is 1. The molecule has 0 saturated heterocycles. The molecule has 1 fully saturated rings. The number of benzene rings is 1. The van der Waals surface area contributed by atoms with Gasteiger partial charge in [-0.2, -0.15) is 26.3 Å². The van der Waals surface area contributed by atoms with Gasteiger partial charge >= 0.3 is 12.4 Å². The number of hydrogen-bond donors (Lipinski definition) is 3. The van der Waals surface area contributed by atoms with E-state index in [1.54, 1.807) is 0 Å². The molecule has 1 heterocycles. The average molecular weight is 407 g/mol. The zero-order valence-electron chi connectivity index (χ0n) is 14.7. The van der Waals surface area contributed by atoms with E-state index in [0.29, 0.717) is 31.3 Å². The molecule has 1 saturated carbocycles. The molecule has 2 aromatic rings. The molecular formula is C18H19F6N3O. The number of halogens is 6. The number of aromatic nitrogens is 1. The van der Waals surface area contributed by atoms with Crippen molar-refractivity contribution in [2.45, 2.75) is 37.3 Å². The van der Waals surface area contributed by atoms with Crippen LogP contribution in [0.5, 0.6) is 0 Å². The predicted molar refractivity (Wildman–Crippen MR) is 90.6 cm³/mol. The maximum absolute atomic E-state index is 13.2. The zero-order chi connectivity index (χ0) is 20.5. The molecule has 0 unspecified atom stereocenters. The number of nitrogens with one attached hydrogen (secondary N) is 2. The Balaban J connectivity index is 1.90. The molecule has 1 aliphatic carbocycles. The van der Waals surface area contributed by atoms with Gasteiger partial charge in [-0.25, -0.2) is 4.98 Å². The smallest absolute Gasteiger partial charge is 0.387 e. The topological polar surface area (TPSA) is 57.2 Å². The lowest BCUT2D eigenvalue weighted by molar-refractivity contribution is -0.142. The van der Waals surface area contributed by atoms with Gasteiger partial charge in [0.15, 0.2) is 0 Å². The van der Waals surface area contributed by atoms with Crippen LogP contribution in [0.1, 0.15) is 35.8 Å². The minimum atomic E-state index is -4.94. The summed E-state index contributed by atoms with van der Waals surface area (Å²) in [4.78, 5) is 3.21. The van der Waals surface area contributed by atoms with Gasteiger partial charge in [0, 0.05) is 31.1 Å². The summed E-state index contributed by atoms with van der Waals surface area (Å²) in [5.41, 5.74) is -3.81. The molecule has 3 N–H and O–H groups in total. The highest BCUT2D eigenvalue weighted by atomic mass is 19.4. The number of alkyl halides is 6. The Bertz CT molecular complexity index is 832. The van der Waals surface area contributed by atoms with Crippen molar-refractivity contribution >= 4 is 10.9 Å². The summed E-state index contributed by atoms with van der Waals surface area (Å²) in [5, 5.41) is 16.3. The quantitative estimate of drug-likeness (QED) is 0.485. The van der Waals surface area contributed by atoms with E-state index < -0.39 is 35.2 Å². The summed E-state index contributed by atoms with van der Waals surface area (Å²) in [5.74, 6) is 0. The number of rotatable bonds is 7. The number of aliphatic hydroxyl groups excluding tert-OH is 1. The van der Waals surface area contributed by atoms with Crippen LogP contribution in [0, 0.1) is 0 Å². The van der Waals surface area contributed by atoms with Crippen LogP contribution in [0.25, 0.3) is 10.9 Å². The van der Waals surface area contributed by atoms with Gasteiger partial charge in [-0.05, 0) is 30.5 Å². The summed E-state index contributed by atoms with van der Waals surface area (Å²) in [6, 6.07) is 4.09. The van der Waals surface area contributed by atoms with Crippen LogP contribution in [-0.2, 0) is 12.4 Å². The second kappa shape index (κ2) is 7.84. The highest BCUT2D eigenvalue weighted by Gasteiger charge is 2.37. The summed E-state index contributed by atoms with van der Waals surface area (Å²) in [6.07, 6.45) is -9.02. The van der Waals surface area contributed by atoms with Gasteiger partial charge in [0.25, 0.3) is 0 Å². The monoisotopic (exact) mass is 407 g/mol. The van der Waals surface area contributed by atoms with Gasteiger partial charge in [-0.1, -0.05) is 12.1 Å². The second-order valence-electron chi connectivity index (χ2n) is 6.74. The van der Waals surface area contributed by atoms with Gasteiger partial charge in [0.2, 0.25) is 0 Å². The van der Waals surface area contributed by atoms with E-state index in [4.69, 9.17) is 0 Å². The zero-order valence-corrected chi connectivity index (χ0v) is 14.7. The Morgan fingerprint density at radius 3 is 2.39 bits per heavy atom. The summed E-state index contributed by atoms with van der Waals surface area (Å²) < 4.78 is 79.2. The number of hydrogen-bond acceptors (Lipinski definition) is 4. The highest BCUT2D eigenvalue weighted by Crippen LogP contribution is 2.38. The summed E-state index contributed by atoms with van der Waals surface area (Å²) >= 11 is 0. The van der Waals surface area contributed by atoms with E-state index in [1.807, 2.05) is 0 Å². The molecule has 1 aromatic carbocycles.